The molecule has 0 radical (unpaired) electrons. The summed E-state index contributed by atoms with van der Waals surface area (Å²) in [6.45, 7) is 0. The predicted octanol–water partition coefficient (Wildman–Crippen LogP) is 1.85. The maximum atomic E-state index is 10.8. The number of hydrogen-bond acceptors (Lipinski definition) is 4. The van der Waals surface area contributed by atoms with Gasteiger partial charge in [0.1, 0.15) is 0 Å². The first-order valence-electron chi connectivity index (χ1n) is 2.73. The van der Waals surface area contributed by atoms with E-state index < -0.39 is 14.2 Å². The number of furan rings is 1. The van der Waals surface area contributed by atoms with Gasteiger partial charge < -0.3 is 4.42 Å². The fraction of sp³-hybridized carbons (Fsp3) is 0. The number of hydrogen-bond donors (Lipinski definition) is 1. The highest BCUT2D eigenvalue weighted by Crippen LogP contribution is 2.20. The van der Waals surface area contributed by atoms with Crippen LogP contribution in [-0.4, -0.2) is 10.9 Å². The van der Waals surface area contributed by atoms with Gasteiger partial charge in [0.15, 0.2) is 4.67 Å². The first-order valence-corrected chi connectivity index (χ1v) is 4.65. The third kappa shape index (κ3) is 2.41. The molecule has 1 unspecified atom stereocenters. The van der Waals surface area contributed by atoms with Crippen molar-refractivity contribution in [1.82, 2.24) is 0 Å². The van der Waals surface area contributed by atoms with Crippen molar-refractivity contribution in [2.24, 2.45) is 0 Å². The molecular weight excluding hydrogens is 251 g/mol. The van der Waals surface area contributed by atoms with Gasteiger partial charge >= 0.3 is 14.2 Å². The second-order valence-electron chi connectivity index (χ2n) is 1.72. The summed E-state index contributed by atoms with van der Waals surface area (Å²) in [6, 6.07) is 2.80. The van der Waals surface area contributed by atoms with Crippen LogP contribution in [0.2, 0.25) is 0 Å². The maximum Gasteiger partial charge on any atom is 0.750 e. The highest BCUT2D eigenvalue weighted by Gasteiger charge is 2.24. The Balaban J connectivity index is 2.72. The highest BCUT2D eigenvalue weighted by molar-refractivity contribution is 9.10. The fourth-order valence-electron chi connectivity index (χ4n) is 0.540. The van der Waals surface area contributed by atoms with Crippen molar-refractivity contribution in [2.45, 2.75) is 0 Å². The van der Waals surface area contributed by atoms with Crippen LogP contribution in [0.25, 0.3) is 0 Å². The average Bonchev–Trinajstić information content (AvgIpc) is 2.34. The number of carbonyl (C=O) groups excluding carboxylic acids is 1. The minimum Gasteiger partial charge on any atom is -0.442 e. The minimum atomic E-state index is -2.93. The Kier molecular flexibility index (Phi) is 2.97. The van der Waals surface area contributed by atoms with E-state index in [0.29, 0.717) is 4.67 Å². The lowest BCUT2D eigenvalue weighted by Gasteiger charge is -1.83. The van der Waals surface area contributed by atoms with Gasteiger partial charge in [0.25, 0.3) is 0 Å². The second kappa shape index (κ2) is 3.80. The zero-order valence-corrected chi connectivity index (χ0v) is 8.04. The van der Waals surface area contributed by atoms with Crippen LogP contribution in [-0.2, 0) is 9.09 Å². The van der Waals surface area contributed by atoms with Gasteiger partial charge in [-0.15, -0.1) is 4.89 Å². The molecule has 1 aromatic heterocycles. The maximum absolute atomic E-state index is 10.8. The van der Waals surface area contributed by atoms with E-state index in [4.69, 9.17) is 9.31 Å². The van der Waals surface area contributed by atoms with E-state index in [-0.39, 0.29) is 5.76 Å². The molecule has 5 nitrogen and oxygen atoms in total. The Morgan fingerprint density at radius 3 is 2.75 bits per heavy atom. The topological polar surface area (TPSA) is 76.7 Å². The Hall–Kier alpha value is -0.710. The van der Waals surface area contributed by atoms with E-state index in [2.05, 4.69) is 20.5 Å². The molecule has 0 aromatic carbocycles. The van der Waals surface area contributed by atoms with Crippen molar-refractivity contribution in [3.05, 3.63) is 22.6 Å². The molecule has 1 aromatic rings. The molecule has 12 heavy (non-hydrogen) atoms. The third-order valence-electron chi connectivity index (χ3n) is 0.935. The van der Waals surface area contributed by atoms with Crippen molar-refractivity contribution in [3.8, 4) is 0 Å². The van der Waals surface area contributed by atoms with E-state index in [1.165, 1.54) is 12.1 Å². The Labute approximate surface area is 76.4 Å². The van der Waals surface area contributed by atoms with E-state index >= 15 is 0 Å². The van der Waals surface area contributed by atoms with Gasteiger partial charge in [-0.05, 0) is 28.1 Å². The molecule has 0 saturated carbocycles. The van der Waals surface area contributed by atoms with E-state index in [1.807, 2.05) is 0 Å². The second-order valence-corrected chi connectivity index (χ2v) is 3.16. The van der Waals surface area contributed by atoms with Crippen LogP contribution >= 0.6 is 24.2 Å². The number of rotatable bonds is 2. The summed E-state index contributed by atoms with van der Waals surface area (Å²) in [5.74, 6) is -1.09. The van der Waals surface area contributed by atoms with Gasteiger partial charge in [0.05, 0.1) is 0 Å². The molecule has 1 atom stereocenters. The zero-order valence-electron chi connectivity index (χ0n) is 5.56. The SMILES string of the molecule is O=C(O[P+](=O)O)c1ccc(Br)o1. The van der Waals surface area contributed by atoms with E-state index in [0.717, 1.165) is 0 Å². The lowest BCUT2D eigenvalue weighted by atomic mass is 10.5. The van der Waals surface area contributed by atoms with Crippen molar-refractivity contribution in [2.75, 3.05) is 0 Å². The molecule has 1 N–H and O–H groups in total. The first-order chi connectivity index (χ1) is 5.59. The number of halogens is 1. The quantitative estimate of drug-likeness (QED) is 0.815. The lowest BCUT2D eigenvalue weighted by Crippen LogP contribution is -1.96. The predicted molar refractivity (Wildman–Crippen MR) is 41.6 cm³/mol. The Morgan fingerprint density at radius 2 is 2.33 bits per heavy atom. The summed E-state index contributed by atoms with van der Waals surface area (Å²) in [4.78, 5) is 19.0. The molecule has 1 rings (SSSR count). The van der Waals surface area contributed by atoms with Crippen LogP contribution in [0.15, 0.2) is 21.2 Å². The van der Waals surface area contributed by atoms with Gasteiger partial charge in [-0.25, -0.2) is 4.79 Å². The van der Waals surface area contributed by atoms with Crippen LogP contribution in [0.4, 0.5) is 0 Å². The van der Waals surface area contributed by atoms with Gasteiger partial charge in [-0.2, -0.15) is 4.52 Å². The first kappa shape index (κ1) is 9.38. The van der Waals surface area contributed by atoms with Crippen molar-refractivity contribution in [1.29, 1.82) is 0 Å². The van der Waals surface area contributed by atoms with E-state index in [9.17, 15) is 9.36 Å². The minimum absolute atomic E-state index is 0.126. The zero-order chi connectivity index (χ0) is 9.14. The molecule has 0 fully saturated rings. The van der Waals surface area contributed by atoms with Crippen LogP contribution in [0.1, 0.15) is 10.6 Å². The van der Waals surface area contributed by atoms with Gasteiger partial charge in [0, 0.05) is 4.57 Å². The fourth-order valence-corrected chi connectivity index (χ4v) is 1.08. The molecule has 0 aliphatic carbocycles. The van der Waals surface area contributed by atoms with Gasteiger partial charge in [-0.3, -0.25) is 0 Å². The summed E-state index contributed by atoms with van der Waals surface area (Å²) in [6.07, 6.45) is 0. The van der Waals surface area contributed by atoms with Crippen LogP contribution < -0.4 is 0 Å². The summed E-state index contributed by atoms with van der Waals surface area (Å²) in [7, 11) is -2.93. The van der Waals surface area contributed by atoms with E-state index in [1.54, 1.807) is 0 Å². The molecule has 7 heteroatoms. The summed E-state index contributed by atoms with van der Waals surface area (Å²) in [5, 5.41) is 0. The van der Waals surface area contributed by atoms with Crippen molar-refractivity contribution < 1.29 is 23.2 Å². The highest BCUT2D eigenvalue weighted by atomic mass is 79.9. The average molecular weight is 254 g/mol. The summed E-state index contributed by atoms with van der Waals surface area (Å²) < 4.78 is 19.1. The molecule has 0 amide bonds. The molecule has 0 saturated heterocycles. The van der Waals surface area contributed by atoms with Crippen LogP contribution in [0.3, 0.4) is 0 Å². The van der Waals surface area contributed by atoms with Crippen LogP contribution in [0, 0.1) is 0 Å². The smallest absolute Gasteiger partial charge is 0.442 e. The normalized spacial score (nSPS) is 11.0. The molecule has 0 bridgehead atoms. The Morgan fingerprint density at radius 1 is 1.67 bits per heavy atom. The molecule has 64 valence electrons. The molecule has 0 aliphatic rings. The van der Waals surface area contributed by atoms with Crippen LogP contribution in [0.5, 0.6) is 0 Å². The molecular formula is C5H3BrO5P+. The van der Waals surface area contributed by atoms with Crippen molar-refractivity contribution in [3.63, 3.8) is 0 Å². The standard InChI is InChI=1S/C5H2BrO5P/c6-4-2-1-3(10-4)5(7)11-12(8)9/h1-2H/p+1. The largest absolute Gasteiger partial charge is 0.750 e. The summed E-state index contributed by atoms with van der Waals surface area (Å²) >= 11 is 2.96. The van der Waals surface area contributed by atoms with Crippen molar-refractivity contribution >= 4 is 30.2 Å². The molecule has 1 heterocycles. The third-order valence-corrected chi connectivity index (χ3v) is 1.68. The summed E-state index contributed by atoms with van der Waals surface area (Å²) in [5.41, 5.74) is 0. The molecule has 0 spiro atoms. The number of carbonyl (C=O) groups is 1. The monoisotopic (exact) mass is 253 g/mol. The van der Waals surface area contributed by atoms with Gasteiger partial charge in [0.2, 0.25) is 5.76 Å². The lowest BCUT2D eigenvalue weighted by molar-refractivity contribution is 0.0696. The molecule has 0 aliphatic heterocycles. The van der Waals surface area contributed by atoms with Gasteiger partial charge in [-0.1, -0.05) is 0 Å². The Bertz CT molecular complexity index is 319.